The van der Waals surface area contributed by atoms with E-state index in [1.165, 1.54) is 5.56 Å². The Hall–Kier alpha value is -3.68. The third kappa shape index (κ3) is 4.21. The lowest BCUT2D eigenvalue weighted by atomic mass is 10.1. The lowest BCUT2D eigenvalue weighted by molar-refractivity contribution is 0.0933. The van der Waals surface area contributed by atoms with Crippen LogP contribution in [0, 0.1) is 0 Å². The number of carbonyl (C=O) groups is 2. The SMILES string of the molecule is O=C(NC1CCc2nnc(Cc3ccccc3)n2CC1)c1cccc(N2CCNC2=O)c1. The number of amides is 3. The Labute approximate surface area is 186 Å². The van der Waals surface area contributed by atoms with Crippen LogP contribution >= 0.6 is 0 Å². The van der Waals surface area contributed by atoms with Gasteiger partial charge in [-0.1, -0.05) is 36.4 Å². The van der Waals surface area contributed by atoms with Gasteiger partial charge in [0.25, 0.3) is 5.91 Å². The minimum atomic E-state index is -0.124. The van der Waals surface area contributed by atoms with Crippen molar-refractivity contribution >= 4 is 17.6 Å². The molecule has 1 aromatic heterocycles. The van der Waals surface area contributed by atoms with E-state index in [0.717, 1.165) is 49.6 Å². The molecule has 0 radical (unpaired) electrons. The summed E-state index contributed by atoms with van der Waals surface area (Å²) in [5.41, 5.74) is 2.52. The van der Waals surface area contributed by atoms with Crippen LogP contribution in [0.1, 0.15) is 40.4 Å². The molecule has 3 amide bonds. The summed E-state index contributed by atoms with van der Waals surface area (Å²) in [6, 6.07) is 17.5. The molecule has 1 atom stereocenters. The van der Waals surface area contributed by atoms with E-state index in [-0.39, 0.29) is 18.0 Å². The summed E-state index contributed by atoms with van der Waals surface area (Å²) >= 11 is 0. The highest BCUT2D eigenvalue weighted by Crippen LogP contribution is 2.20. The Morgan fingerprint density at radius 3 is 2.75 bits per heavy atom. The number of urea groups is 1. The fraction of sp³-hybridized carbons (Fsp3) is 0.333. The van der Waals surface area contributed by atoms with Gasteiger partial charge < -0.3 is 15.2 Å². The molecule has 8 nitrogen and oxygen atoms in total. The van der Waals surface area contributed by atoms with Gasteiger partial charge in [-0.3, -0.25) is 9.69 Å². The minimum absolute atomic E-state index is 0.0625. The Morgan fingerprint density at radius 1 is 1.06 bits per heavy atom. The number of carbonyl (C=O) groups excluding carboxylic acids is 2. The van der Waals surface area contributed by atoms with Gasteiger partial charge in [-0.25, -0.2) is 4.79 Å². The van der Waals surface area contributed by atoms with Crippen LogP contribution in [0.5, 0.6) is 0 Å². The van der Waals surface area contributed by atoms with Gasteiger partial charge in [0, 0.05) is 49.8 Å². The van der Waals surface area contributed by atoms with E-state index in [1.807, 2.05) is 30.3 Å². The van der Waals surface area contributed by atoms with Crippen molar-refractivity contribution in [2.45, 2.75) is 38.3 Å². The van der Waals surface area contributed by atoms with Crippen LogP contribution in [-0.2, 0) is 19.4 Å². The van der Waals surface area contributed by atoms with E-state index >= 15 is 0 Å². The van der Waals surface area contributed by atoms with Gasteiger partial charge in [-0.2, -0.15) is 0 Å². The van der Waals surface area contributed by atoms with Crippen LogP contribution in [0.2, 0.25) is 0 Å². The van der Waals surface area contributed by atoms with Gasteiger partial charge in [-0.15, -0.1) is 10.2 Å². The van der Waals surface area contributed by atoms with Gasteiger partial charge in [0.2, 0.25) is 0 Å². The topological polar surface area (TPSA) is 92.2 Å². The molecule has 32 heavy (non-hydrogen) atoms. The molecule has 0 bridgehead atoms. The van der Waals surface area contributed by atoms with Crippen molar-refractivity contribution in [3.8, 4) is 0 Å². The first-order chi connectivity index (χ1) is 15.7. The zero-order valence-corrected chi connectivity index (χ0v) is 17.8. The van der Waals surface area contributed by atoms with Crippen LogP contribution in [0.15, 0.2) is 54.6 Å². The van der Waals surface area contributed by atoms with Crippen molar-refractivity contribution in [2.24, 2.45) is 0 Å². The van der Waals surface area contributed by atoms with Crippen LogP contribution in [-0.4, -0.2) is 45.8 Å². The number of aryl methyl sites for hydroxylation is 1. The number of hydrogen-bond acceptors (Lipinski definition) is 4. The van der Waals surface area contributed by atoms with Gasteiger partial charge in [0.1, 0.15) is 11.6 Å². The van der Waals surface area contributed by atoms with Gasteiger partial charge in [0.05, 0.1) is 0 Å². The highest BCUT2D eigenvalue weighted by molar-refractivity contribution is 5.98. The molecule has 164 valence electrons. The first kappa shape index (κ1) is 20.2. The molecule has 2 aliphatic heterocycles. The molecule has 1 unspecified atom stereocenters. The number of nitrogens with zero attached hydrogens (tertiary/aromatic N) is 4. The predicted octanol–water partition coefficient (Wildman–Crippen LogP) is 2.53. The molecule has 1 saturated heterocycles. The van der Waals surface area contributed by atoms with E-state index in [2.05, 4.69) is 37.5 Å². The first-order valence-electron chi connectivity index (χ1n) is 11.1. The highest BCUT2D eigenvalue weighted by atomic mass is 16.2. The molecule has 0 aliphatic carbocycles. The number of aromatic nitrogens is 3. The molecule has 2 N–H and O–H groups in total. The van der Waals surface area contributed by atoms with Crippen molar-refractivity contribution < 1.29 is 9.59 Å². The summed E-state index contributed by atoms with van der Waals surface area (Å²) in [5, 5.41) is 14.8. The second-order valence-electron chi connectivity index (χ2n) is 8.28. The molecule has 3 aromatic rings. The smallest absolute Gasteiger partial charge is 0.321 e. The van der Waals surface area contributed by atoms with Crippen molar-refractivity contribution in [3.05, 3.63) is 77.4 Å². The molecule has 0 spiro atoms. The van der Waals surface area contributed by atoms with Gasteiger partial charge >= 0.3 is 6.03 Å². The summed E-state index contributed by atoms with van der Waals surface area (Å²) in [6.45, 7) is 2.01. The van der Waals surface area contributed by atoms with Crippen LogP contribution in [0.4, 0.5) is 10.5 Å². The fourth-order valence-corrected chi connectivity index (χ4v) is 4.40. The predicted molar refractivity (Wildman–Crippen MR) is 121 cm³/mol. The molecule has 2 aromatic carbocycles. The fourth-order valence-electron chi connectivity index (χ4n) is 4.40. The molecular formula is C24H26N6O2. The van der Waals surface area contributed by atoms with E-state index in [0.29, 0.717) is 18.7 Å². The van der Waals surface area contributed by atoms with Crippen molar-refractivity contribution in [2.75, 3.05) is 18.0 Å². The maximum Gasteiger partial charge on any atom is 0.321 e. The molecule has 2 aliphatic rings. The molecular weight excluding hydrogens is 404 g/mol. The third-order valence-electron chi connectivity index (χ3n) is 6.14. The van der Waals surface area contributed by atoms with Crippen LogP contribution in [0.25, 0.3) is 0 Å². The lowest BCUT2D eigenvalue weighted by Crippen LogP contribution is -2.35. The number of benzene rings is 2. The molecule has 5 rings (SSSR count). The summed E-state index contributed by atoms with van der Waals surface area (Å²) in [5.74, 6) is 1.84. The lowest BCUT2D eigenvalue weighted by Gasteiger charge is -2.18. The second kappa shape index (κ2) is 8.82. The van der Waals surface area contributed by atoms with E-state index < -0.39 is 0 Å². The van der Waals surface area contributed by atoms with E-state index in [9.17, 15) is 9.59 Å². The van der Waals surface area contributed by atoms with Crippen molar-refractivity contribution in [1.82, 2.24) is 25.4 Å². The Morgan fingerprint density at radius 2 is 1.94 bits per heavy atom. The van der Waals surface area contributed by atoms with Crippen molar-refractivity contribution in [1.29, 1.82) is 0 Å². The number of rotatable bonds is 5. The average molecular weight is 431 g/mol. The minimum Gasteiger partial charge on any atom is -0.349 e. The monoisotopic (exact) mass is 430 g/mol. The number of hydrogen-bond donors (Lipinski definition) is 2. The molecule has 3 heterocycles. The van der Waals surface area contributed by atoms with Crippen molar-refractivity contribution in [3.63, 3.8) is 0 Å². The first-order valence-corrected chi connectivity index (χ1v) is 11.1. The average Bonchev–Trinajstić information content (AvgIpc) is 3.36. The van der Waals surface area contributed by atoms with Crippen LogP contribution < -0.4 is 15.5 Å². The van der Waals surface area contributed by atoms with Gasteiger partial charge in [0.15, 0.2) is 0 Å². The Kier molecular flexibility index (Phi) is 5.58. The van der Waals surface area contributed by atoms with E-state index in [1.54, 1.807) is 17.0 Å². The zero-order valence-electron chi connectivity index (χ0n) is 17.8. The zero-order chi connectivity index (χ0) is 21.9. The number of fused-ring (bicyclic) bond motifs is 1. The summed E-state index contributed by atoms with van der Waals surface area (Å²) in [6.07, 6.45) is 3.18. The van der Waals surface area contributed by atoms with Crippen LogP contribution in [0.3, 0.4) is 0 Å². The molecule has 0 saturated carbocycles. The summed E-state index contributed by atoms with van der Waals surface area (Å²) in [4.78, 5) is 26.5. The second-order valence-corrected chi connectivity index (χ2v) is 8.28. The maximum absolute atomic E-state index is 12.9. The molecule has 1 fully saturated rings. The number of anilines is 1. The Bertz CT molecular complexity index is 1130. The Balaban J connectivity index is 1.23. The summed E-state index contributed by atoms with van der Waals surface area (Å²) < 4.78 is 2.20. The summed E-state index contributed by atoms with van der Waals surface area (Å²) in [7, 11) is 0. The molecule has 8 heteroatoms. The standard InChI is InChI=1S/C24H26N6O2/c31-23(18-7-4-8-20(16-18)29-14-12-25-24(29)32)26-19-9-10-21-27-28-22(30(21)13-11-19)15-17-5-2-1-3-6-17/h1-8,16,19H,9-15H2,(H,25,32)(H,26,31). The maximum atomic E-state index is 12.9. The van der Waals surface area contributed by atoms with E-state index in [4.69, 9.17) is 0 Å². The normalized spacial score (nSPS) is 18.1. The quantitative estimate of drug-likeness (QED) is 0.651. The number of nitrogens with one attached hydrogen (secondary N) is 2. The highest BCUT2D eigenvalue weighted by Gasteiger charge is 2.24. The van der Waals surface area contributed by atoms with Gasteiger partial charge in [-0.05, 0) is 36.6 Å². The largest absolute Gasteiger partial charge is 0.349 e. The third-order valence-corrected chi connectivity index (χ3v) is 6.14.